The number of para-hydroxylation sites is 2. The van der Waals surface area contributed by atoms with Gasteiger partial charge in [-0.3, -0.25) is 4.79 Å². The summed E-state index contributed by atoms with van der Waals surface area (Å²) in [6.45, 7) is 3.23. The molecule has 32 heavy (non-hydrogen) atoms. The van der Waals surface area contributed by atoms with Crippen molar-refractivity contribution in [2.75, 3.05) is 13.2 Å². The normalized spacial score (nSPS) is 11.0. The second-order valence-electron chi connectivity index (χ2n) is 7.43. The van der Waals surface area contributed by atoms with Crippen LogP contribution in [-0.4, -0.2) is 28.6 Å². The molecule has 3 aromatic carbocycles. The van der Waals surface area contributed by atoms with E-state index in [1.54, 1.807) is 0 Å². The third-order valence-electron chi connectivity index (χ3n) is 5.16. The maximum absolute atomic E-state index is 13.8. The Bertz CT molecular complexity index is 1220. The van der Waals surface area contributed by atoms with E-state index in [0.717, 1.165) is 40.3 Å². The van der Waals surface area contributed by atoms with Crippen LogP contribution < -0.4 is 10.1 Å². The van der Waals surface area contributed by atoms with Crippen LogP contribution in [0.1, 0.15) is 21.7 Å². The number of amides is 1. The summed E-state index contributed by atoms with van der Waals surface area (Å²) < 4.78 is 35.6. The predicted octanol–water partition coefficient (Wildman–Crippen LogP) is 4.67. The molecule has 5 nitrogen and oxygen atoms in total. The number of halogens is 2. The fourth-order valence-corrected chi connectivity index (χ4v) is 3.55. The van der Waals surface area contributed by atoms with Gasteiger partial charge in [-0.2, -0.15) is 0 Å². The van der Waals surface area contributed by atoms with Gasteiger partial charge in [0, 0.05) is 13.0 Å². The number of aryl methyl sites for hydroxylation is 1. The molecule has 0 spiro atoms. The molecule has 0 aliphatic heterocycles. The summed E-state index contributed by atoms with van der Waals surface area (Å²) in [7, 11) is 0. The summed E-state index contributed by atoms with van der Waals surface area (Å²) >= 11 is 0. The Kier molecular flexibility index (Phi) is 6.44. The molecule has 1 heterocycles. The molecule has 4 aromatic rings. The van der Waals surface area contributed by atoms with E-state index in [-0.39, 0.29) is 6.54 Å². The second-order valence-corrected chi connectivity index (χ2v) is 7.43. The smallest absolute Gasteiger partial charge is 0.257 e. The van der Waals surface area contributed by atoms with Gasteiger partial charge >= 0.3 is 0 Å². The Morgan fingerprint density at radius 3 is 2.47 bits per heavy atom. The second kappa shape index (κ2) is 9.60. The van der Waals surface area contributed by atoms with Gasteiger partial charge < -0.3 is 14.6 Å². The first-order chi connectivity index (χ1) is 15.5. The number of hydrogen-bond acceptors (Lipinski definition) is 3. The van der Waals surface area contributed by atoms with Gasteiger partial charge in [0.2, 0.25) is 0 Å². The Morgan fingerprint density at radius 2 is 1.72 bits per heavy atom. The monoisotopic (exact) mass is 435 g/mol. The van der Waals surface area contributed by atoms with E-state index in [1.165, 1.54) is 6.07 Å². The van der Waals surface area contributed by atoms with Crippen LogP contribution >= 0.6 is 0 Å². The van der Waals surface area contributed by atoms with E-state index >= 15 is 0 Å². The SMILES string of the molecule is Cc1ccc(OCCn2c(CCNC(=O)c3c(F)cccc3F)nc3ccccc32)cc1. The molecule has 164 valence electrons. The van der Waals surface area contributed by atoms with Crippen LogP contribution in [0.4, 0.5) is 8.78 Å². The Morgan fingerprint density at radius 1 is 1.00 bits per heavy atom. The highest BCUT2D eigenvalue weighted by atomic mass is 19.1. The quantitative estimate of drug-likeness (QED) is 0.437. The minimum absolute atomic E-state index is 0.189. The number of rotatable bonds is 8. The van der Waals surface area contributed by atoms with Gasteiger partial charge in [-0.25, -0.2) is 13.8 Å². The van der Waals surface area contributed by atoms with Crippen molar-refractivity contribution in [3.05, 3.63) is 95.3 Å². The number of imidazole rings is 1. The van der Waals surface area contributed by atoms with Crippen molar-refractivity contribution in [3.63, 3.8) is 0 Å². The first-order valence-electron chi connectivity index (χ1n) is 10.4. The van der Waals surface area contributed by atoms with Gasteiger partial charge in [0.15, 0.2) is 0 Å². The summed E-state index contributed by atoms with van der Waals surface area (Å²) in [5.74, 6) is -1.01. The standard InChI is InChI=1S/C25H23F2N3O2/c1-17-9-11-18(12-10-17)32-16-15-30-22-8-3-2-7-21(22)29-23(30)13-14-28-25(31)24-19(26)5-4-6-20(24)27/h2-12H,13-16H2,1H3,(H,28,31). The van der Waals surface area contributed by atoms with Crippen molar-refractivity contribution in [2.45, 2.75) is 19.9 Å². The fourth-order valence-electron chi connectivity index (χ4n) is 3.55. The van der Waals surface area contributed by atoms with E-state index in [2.05, 4.69) is 10.3 Å². The van der Waals surface area contributed by atoms with Gasteiger partial charge in [0.05, 0.1) is 17.6 Å². The molecule has 0 saturated carbocycles. The molecule has 1 aromatic heterocycles. The third-order valence-corrected chi connectivity index (χ3v) is 5.16. The third kappa shape index (κ3) is 4.77. The number of ether oxygens (including phenoxy) is 1. The average molecular weight is 435 g/mol. The molecule has 0 saturated heterocycles. The Balaban J connectivity index is 1.44. The zero-order valence-corrected chi connectivity index (χ0v) is 17.6. The molecule has 0 aliphatic rings. The van der Waals surface area contributed by atoms with Crippen molar-refractivity contribution >= 4 is 16.9 Å². The van der Waals surface area contributed by atoms with Gasteiger partial charge in [0.25, 0.3) is 5.91 Å². The Hall–Kier alpha value is -3.74. The molecule has 0 unspecified atom stereocenters. The number of fused-ring (bicyclic) bond motifs is 1. The van der Waals surface area contributed by atoms with Gasteiger partial charge in [-0.05, 0) is 43.3 Å². The molecule has 0 atom stereocenters. The topological polar surface area (TPSA) is 56.1 Å². The summed E-state index contributed by atoms with van der Waals surface area (Å²) in [5.41, 5.74) is 2.39. The summed E-state index contributed by atoms with van der Waals surface area (Å²) in [6.07, 6.45) is 0.404. The zero-order valence-electron chi connectivity index (χ0n) is 17.6. The first kappa shape index (κ1) is 21.5. The average Bonchev–Trinajstić information content (AvgIpc) is 3.12. The van der Waals surface area contributed by atoms with Crippen molar-refractivity contribution in [2.24, 2.45) is 0 Å². The Labute approximate surface area is 184 Å². The maximum Gasteiger partial charge on any atom is 0.257 e. The van der Waals surface area contributed by atoms with E-state index in [4.69, 9.17) is 4.74 Å². The van der Waals surface area contributed by atoms with E-state index in [0.29, 0.717) is 19.6 Å². The van der Waals surface area contributed by atoms with Crippen molar-refractivity contribution in [3.8, 4) is 5.75 Å². The predicted molar refractivity (Wildman–Crippen MR) is 119 cm³/mol. The van der Waals surface area contributed by atoms with E-state index in [1.807, 2.05) is 60.0 Å². The van der Waals surface area contributed by atoms with Gasteiger partial charge in [-0.15, -0.1) is 0 Å². The van der Waals surface area contributed by atoms with Crippen LogP contribution in [0.5, 0.6) is 5.75 Å². The van der Waals surface area contributed by atoms with Crippen LogP contribution in [0.3, 0.4) is 0 Å². The van der Waals surface area contributed by atoms with Crippen molar-refractivity contribution in [1.29, 1.82) is 0 Å². The largest absolute Gasteiger partial charge is 0.492 e. The van der Waals surface area contributed by atoms with E-state index in [9.17, 15) is 13.6 Å². The summed E-state index contributed by atoms with van der Waals surface area (Å²) in [5, 5.41) is 2.58. The van der Waals surface area contributed by atoms with Crippen LogP contribution in [-0.2, 0) is 13.0 Å². The van der Waals surface area contributed by atoms with Crippen LogP contribution in [0.15, 0.2) is 66.7 Å². The lowest BCUT2D eigenvalue weighted by Crippen LogP contribution is -2.28. The maximum atomic E-state index is 13.8. The van der Waals surface area contributed by atoms with E-state index < -0.39 is 23.1 Å². The molecule has 0 aliphatic carbocycles. The highest BCUT2D eigenvalue weighted by Crippen LogP contribution is 2.18. The summed E-state index contributed by atoms with van der Waals surface area (Å²) in [6, 6.07) is 18.9. The molecular weight excluding hydrogens is 412 g/mol. The number of carbonyl (C=O) groups excluding carboxylic acids is 1. The highest BCUT2D eigenvalue weighted by molar-refractivity contribution is 5.94. The molecule has 1 amide bonds. The first-order valence-corrected chi connectivity index (χ1v) is 10.4. The minimum atomic E-state index is -0.886. The lowest BCUT2D eigenvalue weighted by Gasteiger charge is -2.12. The molecule has 0 bridgehead atoms. The van der Waals surface area contributed by atoms with Gasteiger partial charge in [0.1, 0.15) is 35.4 Å². The molecular formula is C25H23F2N3O2. The van der Waals surface area contributed by atoms with Crippen LogP contribution in [0, 0.1) is 18.6 Å². The highest BCUT2D eigenvalue weighted by Gasteiger charge is 2.17. The zero-order chi connectivity index (χ0) is 22.5. The summed E-state index contributed by atoms with van der Waals surface area (Å²) in [4.78, 5) is 16.9. The fraction of sp³-hybridized carbons (Fsp3) is 0.200. The molecule has 0 fully saturated rings. The molecule has 7 heteroatoms. The van der Waals surface area contributed by atoms with Crippen molar-refractivity contribution in [1.82, 2.24) is 14.9 Å². The van der Waals surface area contributed by atoms with Crippen LogP contribution in [0.25, 0.3) is 11.0 Å². The number of nitrogens with zero attached hydrogens (tertiary/aromatic N) is 2. The number of hydrogen-bond donors (Lipinski definition) is 1. The number of nitrogens with one attached hydrogen (secondary N) is 1. The lowest BCUT2D eigenvalue weighted by atomic mass is 10.2. The van der Waals surface area contributed by atoms with Gasteiger partial charge in [-0.1, -0.05) is 35.9 Å². The number of benzene rings is 3. The minimum Gasteiger partial charge on any atom is -0.492 e. The van der Waals surface area contributed by atoms with Crippen LogP contribution in [0.2, 0.25) is 0 Å². The molecule has 1 N–H and O–H groups in total. The number of aromatic nitrogens is 2. The lowest BCUT2D eigenvalue weighted by molar-refractivity contribution is 0.0945. The molecule has 4 rings (SSSR count). The number of carbonyl (C=O) groups is 1. The van der Waals surface area contributed by atoms with Crippen molar-refractivity contribution < 1.29 is 18.3 Å². The molecule has 0 radical (unpaired) electrons.